The number of likely N-dealkylation sites (N-methyl/N-ethyl adjacent to an activating group) is 1. The lowest BCUT2D eigenvalue weighted by Gasteiger charge is -2.20. The Morgan fingerprint density at radius 2 is 1.88 bits per heavy atom. The second-order valence-electron chi connectivity index (χ2n) is 5.77. The van der Waals surface area contributed by atoms with Crippen LogP contribution < -0.4 is 9.47 Å². The smallest absolute Gasteiger partial charge is 0.295 e. The van der Waals surface area contributed by atoms with Crippen LogP contribution in [0.5, 0.6) is 11.5 Å². The van der Waals surface area contributed by atoms with Gasteiger partial charge >= 0.3 is 0 Å². The van der Waals surface area contributed by atoms with E-state index >= 15 is 0 Å². The van der Waals surface area contributed by atoms with E-state index in [9.17, 15) is 14.7 Å². The molecule has 1 fully saturated rings. The summed E-state index contributed by atoms with van der Waals surface area (Å²) in [6.07, 6.45) is 3.16. The molecule has 7 nitrogen and oxygen atoms in total. The maximum atomic E-state index is 12.5. The molecular weight excluding hydrogens is 336 g/mol. The van der Waals surface area contributed by atoms with Crippen molar-refractivity contribution in [2.45, 2.75) is 6.04 Å². The number of ether oxygens (including phenoxy) is 2. The number of Topliss-reactive ketones (excluding diaryl/α,β-unsaturated/α-hetero) is 1. The van der Waals surface area contributed by atoms with E-state index < -0.39 is 17.7 Å². The van der Waals surface area contributed by atoms with Crippen molar-refractivity contribution in [3.63, 3.8) is 0 Å². The predicted octanol–water partition coefficient (Wildman–Crippen LogP) is 2.15. The summed E-state index contributed by atoms with van der Waals surface area (Å²) in [4.78, 5) is 30.1. The second-order valence-corrected chi connectivity index (χ2v) is 5.77. The van der Waals surface area contributed by atoms with Crippen molar-refractivity contribution in [2.75, 3.05) is 21.3 Å². The summed E-state index contributed by atoms with van der Waals surface area (Å²) in [7, 11) is 4.50. The molecule has 0 radical (unpaired) electrons. The van der Waals surface area contributed by atoms with Crippen LogP contribution in [0.2, 0.25) is 0 Å². The van der Waals surface area contributed by atoms with Crippen molar-refractivity contribution in [1.29, 1.82) is 0 Å². The molecule has 0 saturated carbocycles. The Kier molecular flexibility index (Phi) is 4.62. The first kappa shape index (κ1) is 17.5. The lowest BCUT2D eigenvalue weighted by molar-refractivity contribution is -0.139. The predicted molar refractivity (Wildman–Crippen MR) is 93.8 cm³/mol. The molecule has 1 aliphatic heterocycles. The first-order valence-electron chi connectivity index (χ1n) is 7.86. The monoisotopic (exact) mass is 354 g/mol. The van der Waals surface area contributed by atoms with Crippen LogP contribution in [-0.2, 0) is 9.59 Å². The molecule has 7 heteroatoms. The van der Waals surface area contributed by atoms with E-state index in [1.807, 2.05) is 0 Å². The van der Waals surface area contributed by atoms with Gasteiger partial charge in [-0.25, -0.2) is 0 Å². The topological polar surface area (TPSA) is 89.0 Å². The molecular formula is C19H18N2O5. The molecule has 0 unspecified atom stereocenters. The number of aliphatic hydroxyl groups is 1. The second kappa shape index (κ2) is 6.87. The van der Waals surface area contributed by atoms with Gasteiger partial charge in [0.15, 0.2) is 11.5 Å². The maximum absolute atomic E-state index is 12.5. The Morgan fingerprint density at radius 1 is 1.15 bits per heavy atom. The molecule has 0 spiro atoms. The highest BCUT2D eigenvalue weighted by molar-refractivity contribution is 6.46. The average Bonchev–Trinajstić information content (AvgIpc) is 2.91. The Balaban J connectivity index is 2.17. The number of ketones is 1. The van der Waals surface area contributed by atoms with Crippen LogP contribution in [0.4, 0.5) is 0 Å². The zero-order valence-corrected chi connectivity index (χ0v) is 14.6. The Bertz CT molecular complexity index is 892. The molecule has 0 bridgehead atoms. The molecule has 2 heterocycles. The fourth-order valence-electron chi connectivity index (χ4n) is 3.01. The quantitative estimate of drug-likeness (QED) is 0.514. The minimum atomic E-state index is -0.742. The molecule has 1 saturated heterocycles. The number of benzene rings is 1. The summed E-state index contributed by atoms with van der Waals surface area (Å²) >= 11 is 0. The fraction of sp³-hybridized carbons (Fsp3) is 0.211. The summed E-state index contributed by atoms with van der Waals surface area (Å²) < 4.78 is 10.4. The van der Waals surface area contributed by atoms with Crippen LogP contribution >= 0.6 is 0 Å². The third-order valence-electron chi connectivity index (χ3n) is 4.33. The van der Waals surface area contributed by atoms with Crippen molar-refractivity contribution >= 4 is 17.4 Å². The standard InChI is InChI=1S/C19H18N2O5/c1-21-16(12-5-4-8-20-10-12)15(18(23)19(21)24)17(22)11-6-7-13(25-2)14(9-11)26-3/h4-10,16,22H,1-3H3/t16-/m1/s1. The summed E-state index contributed by atoms with van der Waals surface area (Å²) in [6, 6.07) is 7.52. The van der Waals surface area contributed by atoms with Crippen molar-refractivity contribution in [2.24, 2.45) is 0 Å². The molecule has 1 N–H and O–H groups in total. The van der Waals surface area contributed by atoms with Gasteiger partial charge in [-0.2, -0.15) is 0 Å². The van der Waals surface area contributed by atoms with Crippen LogP contribution in [0.3, 0.4) is 0 Å². The van der Waals surface area contributed by atoms with E-state index in [-0.39, 0.29) is 11.3 Å². The van der Waals surface area contributed by atoms with Crippen LogP contribution in [0, 0.1) is 0 Å². The van der Waals surface area contributed by atoms with Gasteiger partial charge in [0, 0.05) is 25.0 Å². The van der Waals surface area contributed by atoms with E-state index in [1.165, 1.54) is 26.2 Å². The van der Waals surface area contributed by atoms with Gasteiger partial charge in [-0.1, -0.05) is 6.07 Å². The molecule has 1 aromatic carbocycles. The van der Waals surface area contributed by atoms with Crippen LogP contribution in [0.15, 0.2) is 48.3 Å². The van der Waals surface area contributed by atoms with Crippen molar-refractivity contribution in [3.05, 3.63) is 59.4 Å². The van der Waals surface area contributed by atoms with Gasteiger partial charge in [0.05, 0.1) is 25.8 Å². The molecule has 1 amide bonds. The first-order chi connectivity index (χ1) is 12.5. The number of pyridine rings is 1. The lowest BCUT2D eigenvalue weighted by atomic mass is 9.96. The molecule has 0 aliphatic carbocycles. The summed E-state index contributed by atoms with van der Waals surface area (Å²) in [5.41, 5.74) is 0.997. The van der Waals surface area contributed by atoms with Gasteiger partial charge < -0.3 is 19.5 Å². The maximum Gasteiger partial charge on any atom is 0.295 e. The fourth-order valence-corrected chi connectivity index (χ4v) is 3.01. The SMILES string of the molecule is COc1ccc(C(O)=C2C(=O)C(=O)N(C)[C@@H]2c2cccnc2)cc1OC. The van der Waals surface area contributed by atoms with Crippen molar-refractivity contribution in [3.8, 4) is 11.5 Å². The Hall–Kier alpha value is -3.35. The van der Waals surface area contributed by atoms with E-state index in [0.29, 0.717) is 22.6 Å². The molecule has 2 aromatic rings. The minimum Gasteiger partial charge on any atom is -0.507 e. The first-order valence-corrected chi connectivity index (χ1v) is 7.86. The number of hydrogen-bond donors (Lipinski definition) is 1. The highest BCUT2D eigenvalue weighted by Crippen LogP contribution is 2.39. The van der Waals surface area contributed by atoms with Gasteiger partial charge in [-0.15, -0.1) is 0 Å². The van der Waals surface area contributed by atoms with E-state index in [4.69, 9.17) is 9.47 Å². The lowest BCUT2D eigenvalue weighted by Crippen LogP contribution is -2.24. The number of aromatic nitrogens is 1. The highest BCUT2D eigenvalue weighted by Gasteiger charge is 2.44. The van der Waals surface area contributed by atoms with Gasteiger partial charge in [-0.3, -0.25) is 14.6 Å². The Morgan fingerprint density at radius 3 is 2.50 bits per heavy atom. The zero-order chi connectivity index (χ0) is 18.8. The van der Waals surface area contributed by atoms with Crippen molar-refractivity contribution < 1.29 is 24.2 Å². The molecule has 134 valence electrons. The largest absolute Gasteiger partial charge is 0.507 e. The number of hydrogen-bond acceptors (Lipinski definition) is 6. The van der Waals surface area contributed by atoms with Crippen molar-refractivity contribution in [1.82, 2.24) is 9.88 Å². The minimum absolute atomic E-state index is 0.0118. The van der Waals surface area contributed by atoms with Gasteiger partial charge in [0.25, 0.3) is 11.7 Å². The normalized spacial score (nSPS) is 18.9. The summed E-state index contributed by atoms with van der Waals surface area (Å²) in [5.74, 6) is -0.805. The number of likely N-dealkylation sites (tertiary alicyclic amines) is 1. The van der Waals surface area contributed by atoms with E-state index in [2.05, 4.69) is 4.98 Å². The molecule has 26 heavy (non-hydrogen) atoms. The molecule has 1 atom stereocenters. The molecule has 1 aromatic heterocycles. The number of rotatable bonds is 4. The number of methoxy groups -OCH3 is 2. The highest BCUT2D eigenvalue weighted by atomic mass is 16.5. The summed E-state index contributed by atoms with van der Waals surface area (Å²) in [6.45, 7) is 0. The number of carbonyl (C=O) groups excluding carboxylic acids is 2. The third kappa shape index (κ3) is 2.77. The van der Waals surface area contributed by atoms with Crippen LogP contribution in [-0.4, -0.2) is 47.9 Å². The summed E-state index contributed by atoms with van der Waals surface area (Å²) in [5, 5.41) is 10.8. The number of nitrogens with zero attached hydrogens (tertiary/aromatic N) is 2. The Labute approximate surface area is 150 Å². The number of aliphatic hydroxyl groups excluding tert-OH is 1. The van der Waals surface area contributed by atoms with Crippen LogP contribution in [0.1, 0.15) is 17.2 Å². The van der Waals surface area contributed by atoms with Gasteiger partial charge in [-0.05, 0) is 29.8 Å². The van der Waals surface area contributed by atoms with Crippen LogP contribution in [0.25, 0.3) is 5.76 Å². The third-order valence-corrected chi connectivity index (χ3v) is 4.33. The zero-order valence-electron chi connectivity index (χ0n) is 14.6. The molecule has 1 aliphatic rings. The van der Waals surface area contributed by atoms with E-state index in [0.717, 1.165) is 0 Å². The van der Waals surface area contributed by atoms with E-state index in [1.54, 1.807) is 42.7 Å². The van der Waals surface area contributed by atoms with Gasteiger partial charge in [0.2, 0.25) is 0 Å². The number of amides is 1. The number of carbonyl (C=O) groups is 2. The van der Waals surface area contributed by atoms with Gasteiger partial charge in [0.1, 0.15) is 5.76 Å². The molecule has 3 rings (SSSR count). The average molecular weight is 354 g/mol.